The predicted octanol–water partition coefficient (Wildman–Crippen LogP) is 3.18. The highest BCUT2D eigenvalue weighted by Crippen LogP contribution is 2.38. The summed E-state index contributed by atoms with van der Waals surface area (Å²) in [6, 6.07) is 0. The largest absolute Gasteiger partial charge is 0.506 e. The lowest BCUT2D eigenvalue weighted by molar-refractivity contribution is -0.110. The lowest BCUT2D eigenvalue weighted by atomic mass is 9.95. The Kier molecular flexibility index (Phi) is 3.60. The molecule has 19 heavy (non-hydrogen) atoms. The van der Waals surface area contributed by atoms with Crippen molar-refractivity contribution in [2.24, 2.45) is 5.92 Å². The summed E-state index contributed by atoms with van der Waals surface area (Å²) in [6.45, 7) is 7.77. The van der Waals surface area contributed by atoms with Crippen molar-refractivity contribution < 1.29 is 9.90 Å². The van der Waals surface area contributed by atoms with Crippen molar-refractivity contribution in [3.63, 3.8) is 0 Å². The van der Waals surface area contributed by atoms with Gasteiger partial charge >= 0.3 is 0 Å². The molecule has 2 N–H and O–H groups in total. The van der Waals surface area contributed by atoms with Crippen molar-refractivity contribution in [3.8, 4) is 5.75 Å². The molecule has 0 radical (unpaired) electrons. The summed E-state index contributed by atoms with van der Waals surface area (Å²) in [4.78, 5) is 16.3. The zero-order chi connectivity index (χ0) is 14.2. The first kappa shape index (κ1) is 13.6. The molecule has 4 heteroatoms. The summed E-state index contributed by atoms with van der Waals surface area (Å²) < 4.78 is 0. The maximum Gasteiger partial charge on any atom is 0.257 e. The highest BCUT2D eigenvalue weighted by Gasteiger charge is 2.29. The number of hydrogen-bond acceptors (Lipinski definition) is 3. The van der Waals surface area contributed by atoms with Gasteiger partial charge < -0.3 is 10.4 Å². The second-order valence-corrected chi connectivity index (χ2v) is 5.01. The fraction of sp³-hybridized carbons (Fsp3) is 0.467. The molecule has 0 spiro atoms. The third-order valence-electron chi connectivity index (χ3n) is 3.79. The molecule has 2 heterocycles. The molecule has 1 aliphatic heterocycles. The predicted molar refractivity (Wildman–Crippen MR) is 76.1 cm³/mol. The summed E-state index contributed by atoms with van der Waals surface area (Å²) >= 11 is 0. The molecular weight excluding hydrogens is 240 g/mol. The maximum atomic E-state index is 12.1. The Morgan fingerprint density at radius 2 is 1.95 bits per heavy atom. The van der Waals surface area contributed by atoms with E-state index in [1.165, 1.54) is 0 Å². The van der Waals surface area contributed by atoms with Gasteiger partial charge in [-0.05, 0) is 32.6 Å². The number of aryl methyl sites for hydroxylation is 1. The van der Waals surface area contributed by atoms with Crippen molar-refractivity contribution in [2.75, 3.05) is 5.32 Å². The van der Waals surface area contributed by atoms with E-state index in [0.717, 1.165) is 24.0 Å². The Morgan fingerprint density at radius 3 is 2.53 bits per heavy atom. The normalized spacial score (nSPS) is 16.1. The minimum absolute atomic E-state index is 0.123. The van der Waals surface area contributed by atoms with Crippen molar-refractivity contribution >= 4 is 17.3 Å². The van der Waals surface area contributed by atoms with Crippen LogP contribution in [-0.4, -0.2) is 16.0 Å². The van der Waals surface area contributed by atoms with Gasteiger partial charge in [-0.2, -0.15) is 0 Å². The van der Waals surface area contributed by atoms with Crippen LogP contribution in [0.25, 0.3) is 5.57 Å². The molecule has 4 nitrogen and oxygen atoms in total. The van der Waals surface area contributed by atoms with Gasteiger partial charge in [-0.3, -0.25) is 4.79 Å². The molecule has 1 aromatic rings. The molecule has 0 aromatic carbocycles. The van der Waals surface area contributed by atoms with Gasteiger partial charge in [-0.25, -0.2) is 4.98 Å². The van der Waals surface area contributed by atoms with E-state index in [4.69, 9.17) is 0 Å². The summed E-state index contributed by atoms with van der Waals surface area (Å²) in [5.74, 6) is 0.984. The fourth-order valence-electron chi connectivity index (χ4n) is 2.47. The molecule has 0 atom stereocenters. The van der Waals surface area contributed by atoms with E-state index in [9.17, 15) is 9.90 Å². The minimum Gasteiger partial charge on any atom is -0.506 e. The SMILES string of the molecule is CCC(/C=C1\C(=O)Nc2nc(C)c(O)c(C)c21)CC. The van der Waals surface area contributed by atoms with Crippen LogP contribution in [0, 0.1) is 19.8 Å². The minimum atomic E-state index is -0.123. The molecule has 0 aliphatic carbocycles. The molecule has 2 rings (SSSR count). The van der Waals surface area contributed by atoms with Crippen molar-refractivity contribution in [1.29, 1.82) is 0 Å². The number of pyridine rings is 1. The molecule has 0 fully saturated rings. The molecule has 0 saturated carbocycles. The number of aromatic hydroxyl groups is 1. The number of anilines is 1. The quantitative estimate of drug-likeness (QED) is 0.820. The highest BCUT2D eigenvalue weighted by atomic mass is 16.3. The van der Waals surface area contributed by atoms with Gasteiger partial charge in [0.05, 0.1) is 5.69 Å². The zero-order valence-electron chi connectivity index (χ0n) is 11.9. The zero-order valence-corrected chi connectivity index (χ0v) is 11.9. The second-order valence-electron chi connectivity index (χ2n) is 5.01. The van der Waals surface area contributed by atoms with Gasteiger partial charge in [0.1, 0.15) is 11.6 Å². The average molecular weight is 260 g/mol. The second kappa shape index (κ2) is 5.03. The third kappa shape index (κ3) is 2.23. The number of carbonyl (C=O) groups excluding carboxylic acids is 1. The van der Waals surface area contributed by atoms with E-state index in [2.05, 4.69) is 24.1 Å². The number of nitrogens with one attached hydrogen (secondary N) is 1. The smallest absolute Gasteiger partial charge is 0.257 e. The van der Waals surface area contributed by atoms with Crippen molar-refractivity contribution in [3.05, 3.63) is 22.9 Å². The topological polar surface area (TPSA) is 62.2 Å². The monoisotopic (exact) mass is 260 g/mol. The van der Waals surface area contributed by atoms with Crippen LogP contribution in [0.2, 0.25) is 0 Å². The van der Waals surface area contributed by atoms with E-state index < -0.39 is 0 Å². The molecular formula is C15H20N2O2. The Bertz CT molecular complexity index is 558. The lowest BCUT2D eigenvalue weighted by Gasteiger charge is -2.10. The number of hydrogen-bond donors (Lipinski definition) is 2. The molecule has 1 aliphatic rings. The van der Waals surface area contributed by atoms with Crippen molar-refractivity contribution in [2.45, 2.75) is 40.5 Å². The van der Waals surface area contributed by atoms with Crippen molar-refractivity contribution in [1.82, 2.24) is 4.98 Å². The molecule has 102 valence electrons. The fourth-order valence-corrected chi connectivity index (χ4v) is 2.47. The lowest BCUT2D eigenvalue weighted by Crippen LogP contribution is -2.06. The summed E-state index contributed by atoms with van der Waals surface area (Å²) in [5.41, 5.74) is 2.65. The van der Waals surface area contributed by atoms with Crippen LogP contribution in [0.5, 0.6) is 5.75 Å². The number of nitrogens with zero attached hydrogens (tertiary/aromatic N) is 1. The van der Waals surface area contributed by atoms with Gasteiger partial charge in [-0.15, -0.1) is 0 Å². The van der Waals surface area contributed by atoms with E-state index in [-0.39, 0.29) is 11.7 Å². The van der Waals surface area contributed by atoms with E-state index >= 15 is 0 Å². The molecule has 1 amide bonds. The first-order chi connectivity index (χ1) is 8.99. The van der Waals surface area contributed by atoms with Crippen LogP contribution >= 0.6 is 0 Å². The Balaban J connectivity index is 2.58. The molecule has 0 unspecified atom stereocenters. The van der Waals surface area contributed by atoms with E-state index in [1.54, 1.807) is 6.92 Å². The number of allylic oxidation sites excluding steroid dienone is 1. The summed E-state index contributed by atoms with van der Waals surface area (Å²) in [5, 5.41) is 12.8. The highest BCUT2D eigenvalue weighted by molar-refractivity contribution is 6.31. The summed E-state index contributed by atoms with van der Waals surface area (Å²) in [7, 11) is 0. The summed E-state index contributed by atoms with van der Waals surface area (Å²) in [6.07, 6.45) is 3.99. The van der Waals surface area contributed by atoms with Crippen LogP contribution in [0.15, 0.2) is 6.08 Å². The third-order valence-corrected chi connectivity index (χ3v) is 3.79. The molecule has 1 aromatic heterocycles. The standard InChI is InChI=1S/C15H20N2O2/c1-5-10(6-2)7-11-12-8(3)13(18)9(4)16-14(12)17-15(11)19/h7,10,18H,5-6H2,1-4H3,(H,16,17,19)/b11-7-. The van der Waals surface area contributed by atoms with E-state index in [0.29, 0.717) is 23.0 Å². The van der Waals surface area contributed by atoms with Gasteiger partial charge in [0, 0.05) is 16.7 Å². The Labute approximate surface area is 113 Å². The van der Waals surface area contributed by atoms with Gasteiger partial charge in [0.25, 0.3) is 5.91 Å². The van der Waals surface area contributed by atoms with Gasteiger partial charge in [0.15, 0.2) is 0 Å². The number of amides is 1. The van der Waals surface area contributed by atoms with Crippen LogP contribution in [0.4, 0.5) is 5.82 Å². The van der Waals surface area contributed by atoms with Gasteiger partial charge in [0.2, 0.25) is 0 Å². The number of fused-ring (bicyclic) bond motifs is 1. The Morgan fingerprint density at radius 1 is 1.32 bits per heavy atom. The van der Waals surface area contributed by atoms with Crippen LogP contribution in [-0.2, 0) is 4.79 Å². The first-order valence-corrected chi connectivity index (χ1v) is 6.73. The van der Waals surface area contributed by atoms with Crippen LogP contribution in [0.1, 0.15) is 43.5 Å². The number of carbonyl (C=O) groups is 1. The number of rotatable bonds is 3. The number of aromatic nitrogens is 1. The molecule has 0 bridgehead atoms. The molecule has 0 saturated heterocycles. The van der Waals surface area contributed by atoms with Crippen LogP contribution in [0.3, 0.4) is 0 Å². The van der Waals surface area contributed by atoms with E-state index in [1.807, 2.05) is 13.0 Å². The average Bonchev–Trinajstić information content (AvgIpc) is 2.69. The Hall–Kier alpha value is -1.84. The van der Waals surface area contributed by atoms with Gasteiger partial charge in [-0.1, -0.05) is 19.9 Å². The van der Waals surface area contributed by atoms with Crippen LogP contribution < -0.4 is 5.32 Å². The first-order valence-electron chi connectivity index (χ1n) is 6.73. The maximum absolute atomic E-state index is 12.1.